The van der Waals surface area contributed by atoms with Crippen LogP contribution in [0.4, 0.5) is 0 Å². The van der Waals surface area contributed by atoms with Gasteiger partial charge in [-0.3, -0.25) is 0 Å². The van der Waals surface area contributed by atoms with Crippen LogP contribution in [0.1, 0.15) is 41.6 Å². The topological polar surface area (TPSA) is 26.2 Å². The number of ether oxygens (including phenoxy) is 1. The fraction of sp³-hybridized carbons (Fsp3) is 0.440. The molecule has 3 aliphatic rings. The van der Waals surface area contributed by atoms with Crippen LogP contribution in [0.5, 0.6) is 5.75 Å². The van der Waals surface area contributed by atoms with E-state index < -0.39 is 0 Å². The zero-order valence-electron chi connectivity index (χ0n) is 17.3. The highest BCUT2D eigenvalue weighted by Gasteiger charge is 2.19. The Balaban J connectivity index is 1.47. The predicted molar refractivity (Wildman–Crippen MR) is 125 cm³/mol. The minimum absolute atomic E-state index is 0.650. The maximum Gasteiger partial charge on any atom is 0.122 e. The average Bonchev–Trinajstić information content (AvgIpc) is 2.93. The monoisotopic (exact) mass is 442 g/mol. The fourth-order valence-electron chi connectivity index (χ4n) is 5.13. The Hall–Kier alpha value is -1.68. The fourth-order valence-corrected chi connectivity index (χ4v) is 5.44. The van der Waals surface area contributed by atoms with Gasteiger partial charge in [-0.25, -0.2) is 0 Å². The third kappa shape index (κ3) is 3.84. The summed E-state index contributed by atoms with van der Waals surface area (Å²) in [6.07, 6.45) is 11.9. The molecule has 0 amide bonds. The molecule has 5 heteroatoms. The lowest BCUT2D eigenvalue weighted by molar-refractivity contribution is 0.291. The molecular weight excluding hydrogens is 415 g/mol. The maximum atomic E-state index is 6.49. The first kappa shape index (κ1) is 20.2. The van der Waals surface area contributed by atoms with Crippen molar-refractivity contribution in [3.8, 4) is 5.75 Å². The highest BCUT2D eigenvalue weighted by Crippen LogP contribution is 2.29. The van der Waals surface area contributed by atoms with E-state index in [1.54, 1.807) is 0 Å². The van der Waals surface area contributed by atoms with E-state index in [0.717, 1.165) is 44.6 Å². The number of hydrogen-bond donors (Lipinski definition) is 1. The first-order chi connectivity index (χ1) is 14.7. The Labute approximate surface area is 188 Å². The molecule has 0 atom stereocenters. The minimum Gasteiger partial charge on any atom is -0.491 e. The molecule has 0 spiro atoms. The number of aryl methyl sites for hydroxylation is 1. The summed E-state index contributed by atoms with van der Waals surface area (Å²) in [6, 6.07) is 6.52. The molecule has 0 radical (unpaired) electrons. The molecule has 0 saturated carbocycles. The summed E-state index contributed by atoms with van der Waals surface area (Å²) in [5.41, 5.74) is 5.73. The molecule has 3 nitrogen and oxygen atoms in total. The molecule has 1 aromatic heterocycles. The molecule has 2 heterocycles. The molecule has 0 bridgehead atoms. The van der Waals surface area contributed by atoms with Gasteiger partial charge in [0.1, 0.15) is 12.4 Å². The quantitative estimate of drug-likeness (QED) is 0.779. The van der Waals surface area contributed by atoms with Crippen molar-refractivity contribution < 1.29 is 4.74 Å². The standard InChI is InChI=1S/C25H28Cl2N2O/c26-21-9-8-19-20-10-12-28-13-11-23(20)29(24(19)16-22(21)27)14-15-30-25-7-3-5-17-4-1-2-6-18(17)25/h3,5,7-8,16,28H,1-2,4,6,9-15H2. The highest BCUT2D eigenvalue weighted by molar-refractivity contribution is 6.42. The highest BCUT2D eigenvalue weighted by atomic mass is 35.5. The zero-order valence-corrected chi connectivity index (χ0v) is 18.8. The first-order valence-corrected chi connectivity index (χ1v) is 11.9. The van der Waals surface area contributed by atoms with Gasteiger partial charge < -0.3 is 14.6 Å². The lowest BCUT2D eigenvalue weighted by Crippen LogP contribution is -2.33. The number of halogens is 2. The molecule has 1 N–H and O–H groups in total. The molecule has 5 rings (SSSR count). The second-order valence-corrected chi connectivity index (χ2v) is 9.24. The number of allylic oxidation sites excluding steroid dienone is 2. The van der Waals surface area contributed by atoms with E-state index in [0.29, 0.717) is 23.1 Å². The van der Waals surface area contributed by atoms with Crippen LogP contribution in [0.25, 0.3) is 12.2 Å². The maximum absolute atomic E-state index is 6.49. The smallest absolute Gasteiger partial charge is 0.122 e. The van der Waals surface area contributed by atoms with Crippen LogP contribution in [0.2, 0.25) is 0 Å². The Bertz CT molecular complexity index is 1110. The SMILES string of the molecule is ClC1=C(Cl)CC=c2c3c(n(CCOc4cccc5c4CCCC5)c2=C1)CCNCC3. The number of nitrogens with one attached hydrogen (secondary N) is 1. The minimum atomic E-state index is 0.650. The number of hydrogen-bond acceptors (Lipinski definition) is 2. The summed E-state index contributed by atoms with van der Waals surface area (Å²) >= 11 is 12.9. The van der Waals surface area contributed by atoms with Gasteiger partial charge in [-0.05, 0) is 72.7 Å². The Morgan fingerprint density at radius 1 is 1.00 bits per heavy atom. The predicted octanol–water partition coefficient (Wildman–Crippen LogP) is 3.79. The van der Waals surface area contributed by atoms with Crippen LogP contribution in [0.3, 0.4) is 0 Å². The van der Waals surface area contributed by atoms with E-state index in [4.69, 9.17) is 27.9 Å². The average molecular weight is 443 g/mol. The molecule has 30 heavy (non-hydrogen) atoms. The second-order valence-electron chi connectivity index (χ2n) is 8.38. The van der Waals surface area contributed by atoms with Gasteiger partial charge in [0.15, 0.2) is 0 Å². The van der Waals surface area contributed by atoms with Crippen molar-refractivity contribution in [2.24, 2.45) is 0 Å². The van der Waals surface area contributed by atoms with E-state index in [-0.39, 0.29) is 0 Å². The summed E-state index contributed by atoms with van der Waals surface area (Å²) < 4.78 is 8.76. The lowest BCUT2D eigenvalue weighted by atomic mass is 9.91. The molecule has 0 saturated heterocycles. The normalized spacial score (nSPS) is 18.3. The van der Waals surface area contributed by atoms with Crippen molar-refractivity contribution in [1.29, 1.82) is 0 Å². The molecule has 0 unspecified atom stereocenters. The third-order valence-electron chi connectivity index (χ3n) is 6.59. The Morgan fingerprint density at radius 2 is 1.87 bits per heavy atom. The number of nitrogens with zero attached hydrogens (tertiary/aromatic N) is 1. The van der Waals surface area contributed by atoms with Gasteiger partial charge in [0.2, 0.25) is 0 Å². The van der Waals surface area contributed by atoms with Crippen LogP contribution in [-0.2, 0) is 32.2 Å². The van der Waals surface area contributed by atoms with Crippen LogP contribution in [-0.4, -0.2) is 24.3 Å². The van der Waals surface area contributed by atoms with Gasteiger partial charge in [0.05, 0.1) is 11.6 Å². The van der Waals surface area contributed by atoms with Crippen molar-refractivity contribution in [3.63, 3.8) is 0 Å². The van der Waals surface area contributed by atoms with Crippen molar-refractivity contribution in [2.45, 2.75) is 51.5 Å². The number of fused-ring (bicyclic) bond motifs is 4. The first-order valence-electron chi connectivity index (χ1n) is 11.1. The van der Waals surface area contributed by atoms with Gasteiger partial charge in [-0.1, -0.05) is 41.4 Å². The largest absolute Gasteiger partial charge is 0.491 e. The molecule has 2 aliphatic carbocycles. The van der Waals surface area contributed by atoms with Crippen molar-refractivity contribution in [1.82, 2.24) is 9.88 Å². The van der Waals surface area contributed by atoms with Gasteiger partial charge in [-0.15, -0.1) is 0 Å². The van der Waals surface area contributed by atoms with E-state index in [1.807, 2.05) is 0 Å². The molecule has 2 aromatic rings. The van der Waals surface area contributed by atoms with Gasteiger partial charge in [0, 0.05) is 35.5 Å². The van der Waals surface area contributed by atoms with Crippen LogP contribution < -0.4 is 20.6 Å². The third-order valence-corrected chi connectivity index (χ3v) is 7.38. The molecule has 1 aromatic carbocycles. The summed E-state index contributed by atoms with van der Waals surface area (Å²) in [5.74, 6) is 1.06. The summed E-state index contributed by atoms with van der Waals surface area (Å²) in [7, 11) is 0. The zero-order chi connectivity index (χ0) is 20.5. The van der Waals surface area contributed by atoms with Crippen molar-refractivity contribution >= 4 is 35.4 Å². The van der Waals surface area contributed by atoms with Crippen LogP contribution in [0.15, 0.2) is 28.3 Å². The number of aromatic nitrogens is 1. The Kier molecular flexibility index (Phi) is 5.95. The molecule has 158 valence electrons. The number of benzene rings is 1. The van der Waals surface area contributed by atoms with Gasteiger partial charge in [0.25, 0.3) is 0 Å². The van der Waals surface area contributed by atoms with E-state index >= 15 is 0 Å². The Morgan fingerprint density at radius 3 is 2.80 bits per heavy atom. The van der Waals surface area contributed by atoms with Crippen molar-refractivity contribution in [2.75, 3.05) is 19.7 Å². The van der Waals surface area contributed by atoms with E-state index in [2.05, 4.69) is 40.2 Å². The summed E-state index contributed by atoms with van der Waals surface area (Å²) in [5, 5.41) is 7.38. The number of rotatable bonds is 4. The second kappa shape index (κ2) is 8.82. The molecule has 0 fully saturated rings. The summed E-state index contributed by atoms with van der Waals surface area (Å²) in [6.45, 7) is 3.49. The van der Waals surface area contributed by atoms with Gasteiger partial charge >= 0.3 is 0 Å². The van der Waals surface area contributed by atoms with Crippen molar-refractivity contribution in [3.05, 3.63) is 61.2 Å². The van der Waals surface area contributed by atoms with Crippen LogP contribution in [0, 0.1) is 0 Å². The molecular formula is C25H28Cl2N2O. The lowest BCUT2D eigenvalue weighted by Gasteiger charge is -2.20. The van der Waals surface area contributed by atoms with E-state index in [9.17, 15) is 0 Å². The summed E-state index contributed by atoms with van der Waals surface area (Å²) in [4.78, 5) is 0. The van der Waals surface area contributed by atoms with E-state index in [1.165, 1.54) is 52.2 Å². The molecule has 1 aliphatic heterocycles. The van der Waals surface area contributed by atoms with Gasteiger partial charge in [-0.2, -0.15) is 0 Å². The van der Waals surface area contributed by atoms with Crippen LogP contribution >= 0.6 is 23.2 Å².